The Morgan fingerprint density at radius 1 is 1.47 bits per heavy atom. The molecular weight excluding hydrogens is 266 g/mol. The summed E-state index contributed by atoms with van der Waals surface area (Å²) in [7, 11) is -3.64. The molecule has 0 fully saturated rings. The lowest BCUT2D eigenvalue weighted by Crippen LogP contribution is -2.38. The molecule has 1 aromatic rings. The maximum atomic E-state index is 12.1. The van der Waals surface area contributed by atoms with Crippen molar-refractivity contribution in [3.63, 3.8) is 0 Å². The second-order valence-corrected chi connectivity index (χ2v) is 6.30. The maximum Gasteiger partial charge on any atom is 0.251 e. The van der Waals surface area contributed by atoms with Gasteiger partial charge in [-0.05, 0) is 31.0 Å². The number of nitrogens with two attached hydrogens (primary N) is 1. The Hall–Kier alpha value is -1.44. The highest BCUT2D eigenvalue weighted by molar-refractivity contribution is 7.89. The highest BCUT2D eigenvalue weighted by Crippen LogP contribution is 2.19. The first-order valence-electron chi connectivity index (χ1n) is 6.07. The molecule has 0 unspecified atom stereocenters. The molecule has 0 bridgehead atoms. The van der Waals surface area contributed by atoms with E-state index in [2.05, 4.69) is 10.0 Å². The molecule has 7 heteroatoms. The highest BCUT2D eigenvalue weighted by atomic mass is 32.2. The minimum Gasteiger partial charge on any atom is -0.352 e. The van der Waals surface area contributed by atoms with Crippen LogP contribution in [0.1, 0.15) is 22.8 Å². The van der Waals surface area contributed by atoms with Crippen molar-refractivity contribution >= 4 is 15.9 Å². The number of nitrogens with one attached hydrogen (secondary N) is 2. The number of carbonyl (C=O) groups is 1. The molecule has 1 aromatic carbocycles. The zero-order chi connectivity index (χ0) is 14.0. The van der Waals surface area contributed by atoms with Gasteiger partial charge in [-0.2, -0.15) is 0 Å². The fraction of sp³-hybridized carbons (Fsp3) is 0.417. The summed E-state index contributed by atoms with van der Waals surface area (Å²) in [6, 6.07) is 4.27. The SMILES string of the molecule is C[C@@H](CN)NS(=O)(=O)c1ccc2c(c1)C(=O)NCC2. The monoisotopic (exact) mass is 283 g/mol. The van der Waals surface area contributed by atoms with Gasteiger partial charge in [0, 0.05) is 24.7 Å². The van der Waals surface area contributed by atoms with Gasteiger partial charge in [-0.1, -0.05) is 6.07 Å². The normalized spacial score (nSPS) is 16.6. The van der Waals surface area contributed by atoms with Gasteiger partial charge in [0.1, 0.15) is 0 Å². The Bertz CT molecular complexity index is 598. The second kappa shape index (κ2) is 5.28. The van der Waals surface area contributed by atoms with Crippen molar-refractivity contribution in [3.8, 4) is 0 Å². The Morgan fingerprint density at radius 2 is 2.21 bits per heavy atom. The van der Waals surface area contributed by atoms with Crippen molar-refractivity contribution < 1.29 is 13.2 Å². The molecule has 19 heavy (non-hydrogen) atoms. The fourth-order valence-electron chi connectivity index (χ4n) is 1.94. The van der Waals surface area contributed by atoms with E-state index in [4.69, 9.17) is 5.73 Å². The molecule has 4 N–H and O–H groups in total. The molecule has 1 atom stereocenters. The summed E-state index contributed by atoms with van der Waals surface area (Å²) in [5.41, 5.74) is 6.69. The van der Waals surface area contributed by atoms with Crippen molar-refractivity contribution in [2.24, 2.45) is 5.73 Å². The van der Waals surface area contributed by atoms with E-state index < -0.39 is 10.0 Å². The lowest BCUT2D eigenvalue weighted by Gasteiger charge is -2.18. The van der Waals surface area contributed by atoms with Crippen LogP contribution in [0.4, 0.5) is 0 Å². The van der Waals surface area contributed by atoms with Crippen LogP contribution in [0.5, 0.6) is 0 Å². The van der Waals surface area contributed by atoms with E-state index in [1.807, 2.05) is 0 Å². The Morgan fingerprint density at radius 3 is 2.89 bits per heavy atom. The average Bonchev–Trinajstić information content (AvgIpc) is 2.38. The van der Waals surface area contributed by atoms with E-state index in [-0.39, 0.29) is 23.4 Å². The van der Waals surface area contributed by atoms with E-state index in [0.717, 1.165) is 5.56 Å². The number of hydrogen-bond acceptors (Lipinski definition) is 4. The summed E-state index contributed by atoms with van der Waals surface area (Å²) in [5, 5.41) is 2.69. The van der Waals surface area contributed by atoms with Crippen molar-refractivity contribution in [1.82, 2.24) is 10.0 Å². The van der Waals surface area contributed by atoms with E-state index in [1.54, 1.807) is 13.0 Å². The molecule has 1 aliphatic heterocycles. The first-order valence-corrected chi connectivity index (χ1v) is 7.56. The van der Waals surface area contributed by atoms with Crippen LogP contribution in [0.3, 0.4) is 0 Å². The number of rotatable bonds is 4. The molecule has 0 radical (unpaired) electrons. The van der Waals surface area contributed by atoms with E-state index in [0.29, 0.717) is 18.5 Å². The predicted molar refractivity (Wildman–Crippen MR) is 71.3 cm³/mol. The van der Waals surface area contributed by atoms with Crippen LogP contribution in [-0.4, -0.2) is 33.5 Å². The van der Waals surface area contributed by atoms with Gasteiger partial charge in [-0.3, -0.25) is 4.79 Å². The molecule has 0 spiro atoms. The molecule has 0 aliphatic carbocycles. The highest BCUT2D eigenvalue weighted by Gasteiger charge is 2.22. The first kappa shape index (κ1) is 14.0. The van der Waals surface area contributed by atoms with E-state index in [1.165, 1.54) is 12.1 Å². The number of fused-ring (bicyclic) bond motifs is 1. The first-order chi connectivity index (χ1) is 8.94. The summed E-state index contributed by atoms with van der Waals surface area (Å²) in [6.45, 7) is 2.48. The largest absolute Gasteiger partial charge is 0.352 e. The van der Waals surface area contributed by atoms with Gasteiger partial charge in [-0.25, -0.2) is 13.1 Å². The smallest absolute Gasteiger partial charge is 0.251 e. The van der Waals surface area contributed by atoms with Gasteiger partial charge in [-0.15, -0.1) is 0 Å². The second-order valence-electron chi connectivity index (χ2n) is 4.58. The van der Waals surface area contributed by atoms with Gasteiger partial charge in [0.2, 0.25) is 10.0 Å². The minimum atomic E-state index is -3.64. The van der Waals surface area contributed by atoms with Crippen molar-refractivity contribution in [3.05, 3.63) is 29.3 Å². The number of amides is 1. The average molecular weight is 283 g/mol. The number of hydrogen-bond donors (Lipinski definition) is 3. The molecule has 1 amide bonds. The standard InChI is InChI=1S/C12H17N3O3S/c1-8(7-13)15-19(17,18)10-3-2-9-4-5-14-12(16)11(9)6-10/h2-3,6,8,15H,4-5,7,13H2,1H3,(H,14,16)/t8-/m0/s1. The topological polar surface area (TPSA) is 101 Å². The van der Waals surface area contributed by atoms with Gasteiger partial charge in [0.05, 0.1) is 4.90 Å². The van der Waals surface area contributed by atoms with Crippen molar-refractivity contribution in [2.45, 2.75) is 24.3 Å². The number of benzene rings is 1. The third-order valence-electron chi connectivity index (χ3n) is 3.03. The van der Waals surface area contributed by atoms with Crippen LogP contribution in [0.25, 0.3) is 0 Å². The molecule has 2 rings (SSSR count). The molecule has 0 aromatic heterocycles. The Kier molecular flexibility index (Phi) is 3.88. The number of sulfonamides is 1. The van der Waals surface area contributed by atoms with Crippen LogP contribution in [0.2, 0.25) is 0 Å². The molecule has 0 saturated heterocycles. The van der Waals surface area contributed by atoms with Gasteiger partial charge >= 0.3 is 0 Å². The number of carbonyl (C=O) groups excluding carboxylic acids is 1. The van der Waals surface area contributed by atoms with Crippen LogP contribution in [0.15, 0.2) is 23.1 Å². The molecule has 104 valence electrons. The molecule has 0 saturated carbocycles. The van der Waals surface area contributed by atoms with Gasteiger partial charge < -0.3 is 11.1 Å². The predicted octanol–water partition coefficient (Wildman–Crippen LogP) is -0.402. The van der Waals surface area contributed by atoms with Crippen molar-refractivity contribution in [1.29, 1.82) is 0 Å². The van der Waals surface area contributed by atoms with E-state index in [9.17, 15) is 13.2 Å². The van der Waals surface area contributed by atoms with Crippen LogP contribution in [-0.2, 0) is 16.4 Å². The van der Waals surface area contributed by atoms with Crippen LogP contribution in [0, 0.1) is 0 Å². The van der Waals surface area contributed by atoms with Gasteiger partial charge in [0.25, 0.3) is 5.91 Å². The zero-order valence-corrected chi connectivity index (χ0v) is 11.5. The summed E-state index contributed by atoms with van der Waals surface area (Å²) in [6.07, 6.45) is 0.716. The summed E-state index contributed by atoms with van der Waals surface area (Å²) in [5.74, 6) is -0.231. The maximum absolute atomic E-state index is 12.1. The summed E-state index contributed by atoms with van der Waals surface area (Å²) in [4.78, 5) is 11.8. The van der Waals surface area contributed by atoms with Crippen LogP contribution >= 0.6 is 0 Å². The fourth-order valence-corrected chi connectivity index (χ4v) is 3.22. The van der Waals surface area contributed by atoms with E-state index >= 15 is 0 Å². The summed E-state index contributed by atoms with van der Waals surface area (Å²) < 4.78 is 26.7. The lowest BCUT2D eigenvalue weighted by atomic mass is 10.0. The molecule has 1 heterocycles. The zero-order valence-electron chi connectivity index (χ0n) is 10.6. The third-order valence-corrected chi connectivity index (χ3v) is 4.61. The van der Waals surface area contributed by atoms with Gasteiger partial charge in [0.15, 0.2) is 0 Å². The lowest BCUT2D eigenvalue weighted by molar-refractivity contribution is 0.0946. The third kappa shape index (κ3) is 2.94. The van der Waals surface area contributed by atoms with Crippen LogP contribution < -0.4 is 15.8 Å². The quantitative estimate of drug-likeness (QED) is 0.699. The van der Waals surface area contributed by atoms with Crippen molar-refractivity contribution in [2.75, 3.05) is 13.1 Å². The molecule has 1 aliphatic rings. The minimum absolute atomic E-state index is 0.0867. The Balaban J connectivity index is 2.36. The summed E-state index contributed by atoms with van der Waals surface area (Å²) >= 11 is 0. The molecular formula is C12H17N3O3S. The Labute approximate surface area is 112 Å². The molecule has 6 nitrogen and oxygen atoms in total.